The summed E-state index contributed by atoms with van der Waals surface area (Å²) >= 11 is 0. The van der Waals surface area contributed by atoms with E-state index in [0.29, 0.717) is 6.17 Å². The maximum absolute atomic E-state index is 3.25. The third-order valence-electron chi connectivity index (χ3n) is 3.35. The predicted octanol–water partition coefficient (Wildman–Crippen LogP) is 7.90. The van der Waals surface area contributed by atoms with Gasteiger partial charge in [-0.3, -0.25) is 11.4 Å². The fourth-order valence-corrected chi connectivity index (χ4v) is 2.59. The summed E-state index contributed by atoms with van der Waals surface area (Å²) in [5, 5.41) is 0. The van der Waals surface area contributed by atoms with E-state index < -0.39 is 0 Å². The van der Waals surface area contributed by atoms with E-state index in [1.807, 2.05) is 41.5 Å². The molecular formula is C22H56N2Y2-2. The number of hydrogen-bond donors (Lipinski definition) is 0. The second kappa shape index (κ2) is 45.7. The van der Waals surface area contributed by atoms with Gasteiger partial charge in [-0.2, -0.15) is 13.8 Å². The molecule has 0 aliphatic carbocycles. The molecule has 0 aromatic carbocycles. The van der Waals surface area contributed by atoms with Crippen molar-refractivity contribution >= 4 is 0 Å². The van der Waals surface area contributed by atoms with Crippen LogP contribution in [0.15, 0.2) is 0 Å². The van der Waals surface area contributed by atoms with Gasteiger partial charge >= 0.3 is 0 Å². The molecule has 2 nitrogen and oxygen atoms in total. The van der Waals surface area contributed by atoms with Crippen LogP contribution in [0.2, 0.25) is 0 Å². The molecule has 0 spiro atoms. The molecule has 1 aliphatic heterocycles. The molecule has 0 amide bonds. The third-order valence-corrected chi connectivity index (χ3v) is 3.35. The van der Waals surface area contributed by atoms with Gasteiger partial charge in [0.15, 0.2) is 0 Å². The molecule has 1 rings (SSSR count). The molecule has 0 bridgehead atoms. The van der Waals surface area contributed by atoms with Crippen LogP contribution in [0.1, 0.15) is 110 Å². The summed E-state index contributed by atoms with van der Waals surface area (Å²) in [4.78, 5) is 5.13. The Bertz CT molecular complexity index is 170. The van der Waals surface area contributed by atoms with Crippen LogP contribution in [-0.2, 0) is 65.4 Å². The van der Waals surface area contributed by atoms with Crippen LogP contribution >= 0.6 is 0 Å². The van der Waals surface area contributed by atoms with Gasteiger partial charge in [-0.1, -0.05) is 76.7 Å². The Hall–Kier alpha value is 2.13. The van der Waals surface area contributed by atoms with Gasteiger partial charge in [-0.15, -0.1) is 0 Å². The second-order valence-corrected chi connectivity index (χ2v) is 4.26. The van der Waals surface area contributed by atoms with E-state index in [1.165, 1.54) is 32.4 Å². The van der Waals surface area contributed by atoms with Crippen LogP contribution in [0.3, 0.4) is 0 Å². The van der Waals surface area contributed by atoms with Crippen LogP contribution in [-0.4, -0.2) is 35.1 Å². The zero-order chi connectivity index (χ0) is 18.6. The maximum Gasteiger partial charge on any atom is 0.0352 e. The summed E-state index contributed by atoms with van der Waals surface area (Å²) in [5.41, 5.74) is 0. The number of hydrogen-bond acceptors (Lipinski definition) is 2. The minimum Gasteiger partial charge on any atom is -0.441 e. The van der Waals surface area contributed by atoms with Crippen LogP contribution in [0, 0.1) is 13.5 Å². The van der Waals surface area contributed by atoms with Gasteiger partial charge in [0.05, 0.1) is 0 Å². The molecule has 2 radical (unpaired) electrons. The van der Waals surface area contributed by atoms with E-state index in [9.17, 15) is 0 Å². The predicted molar refractivity (Wildman–Crippen MR) is 120 cm³/mol. The van der Waals surface area contributed by atoms with Gasteiger partial charge in [0.1, 0.15) is 0 Å². The monoisotopic (exact) mass is 526 g/mol. The molecule has 0 aromatic heterocycles. The Morgan fingerprint density at radius 2 is 1.31 bits per heavy atom. The van der Waals surface area contributed by atoms with E-state index in [0.717, 1.165) is 6.04 Å². The zero-order valence-corrected chi connectivity index (χ0v) is 24.7. The first-order valence-electron chi connectivity index (χ1n) is 9.76. The average molecular weight is 527 g/mol. The first-order valence-corrected chi connectivity index (χ1v) is 9.76. The third kappa shape index (κ3) is 24.2. The Morgan fingerprint density at radius 3 is 1.58 bits per heavy atom. The fraction of sp³-hybridized carbons (Fsp3) is 0.909. The van der Waals surface area contributed by atoms with Crippen LogP contribution in [0.5, 0.6) is 0 Å². The van der Waals surface area contributed by atoms with Gasteiger partial charge in [0, 0.05) is 84.2 Å². The Labute approximate surface area is 222 Å². The SMILES string of the molecule is C.C.CC.CC.CC.C[CH-]N1CCN([C@H](C)CCC)C1CC.[CH2-]C.[Y].[Y]. The smallest absolute Gasteiger partial charge is 0.0352 e. The first kappa shape index (κ1) is 51.1. The van der Waals surface area contributed by atoms with Crippen LogP contribution in [0.4, 0.5) is 0 Å². The fourth-order valence-electron chi connectivity index (χ4n) is 2.59. The van der Waals surface area contributed by atoms with E-state index >= 15 is 0 Å². The first-order chi connectivity index (χ1) is 10.7. The van der Waals surface area contributed by atoms with Crippen molar-refractivity contribution in [2.75, 3.05) is 13.1 Å². The molecule has 0 aromatic rings. The van der Waals surface area contributed by atoms with Crippen molar-refractivity contribution in [1.82, 2.24) is 9.80 Å². The minimum atomic E-state index is 0. The molecule has 1 fully saturated rings. The van der Waals surface area contributed by atoms with Crippen molar-refractivity contribution in [2.45, 2.75) is 122 Å². The number of rotatable bonds is 5. The maximum atomic E-state index is 3.25. The van der Waals surface area contributed by atoms with E-state index in [-0.39, 0.29) is 80.3 Å². The molecule has 1 aliphatic rings. The minimum absolute atomic E-state index is 0. The Balaban J connectivity index is -0.0000000400. The van der Waals surface area contributed by atoms with Crippen molar-refractivity contribution in [2.24, 2.45) is 0 Å². The standard InChI is InChI=1S/C12H25N2.3C2H6.C2H5.2CH4.2Y/c1-5-8-11(4)14-10-9-13(7-3)12(14)6-2;4*1-2;;;;/h7,11-12H,5-6,8-10H2,1-4H3;3*1-2H3;1H2,2H3;2*1H4;;/q-1;;;;-1;;;;/t11-,12?;;;;;;;;/m1......../s1. The number of nitrogens with zero attached hydrogens (tertiary/aromatic N) is 2. The second-order valence-electron chi connectivity index (χ2n) is 4.26. The Kier molecular flexibility index (Phi) is 89.8. The molecule has 1 unspecified atom stereocenters. The molecule has 1 heterocycles. The van der Waals surface area contributed by atoms with Gasteiger partial charge < -0.3 is 11.8 Å². The summed E-state index contributed by atoms with van der Waals surface area (Å²) in [5.74, 6) is 0. The van der Waals surface area contributed by atoms with Crippen molar-refractivity contribution < 1.29 is 65.4 Å². The molecule has 4 heteroatoms. The van der Waals surface area contributed by atoms with Crippen molar-refractivity contribution in [3.8, 4) is 0 Å². The van der Waals surface area contributed by atoms with Gasteiger partial charge in [0.2, 0.25) is 0 Å². The molecule has 0 saturated carbocycles. The molecule has 2 atom stereocenters. The van der Waals surface area contributed by atoms with E-state index in [2.05, 4.69) is 51.0 Å². The topological polar surface area (TPSA) is 6.48 Å². The molecular weight excluding hydrogens is 470 g/mol. The zero-order valence-electron chi connectivity index (χ0n) is 19.0. The van der Waals surface area contributed by atoms with Gasteiger partial charge in [-0.05, 0) is 26.3 Å². The summed E-state index contributed by atoms with van der Waals surface area (Å²) in [6.45, 7) is 30.8. The molecule has 26 heavy (non-hydrogen) atoms. The summed E-state index contributed by atoms with van der Waals surface area (Å²) < 4.78 is 0. The van der Waals surface area contributed by atoms with Crippen LogP contribution in [0.25, 0.3) is 0 Å². The van der Waals surface area contributed by atoms with E-state index in [1.54, 1.807) is 6.92 Å². The molecule has 162 valence electrons. The van der Waals surface area contributed by atoms with Crippen LogP contribution < -0.4 is 0 Å². The average Bonchev–Trinajstić information content (AvgIpc) is 3.05. The summed E-state index contributed by atoms with van der Waals surface area (Å²) in [7, 11) is 0. The quantitative estimate of drug-likeness (QED) is 0.336. The van der Waals surface area contributed by atoms with Crippen molar-refractivity contribution in [3.05, 3.63) is 13.5 Å². The van der Waals surface area contributed by atoms with Crippen molar-refractivity contribution in [3.63, 3.8) is 0 Å². The largest absolute Gasteiger partial charge is 0.441 e. The van der Waals surface area contributed by atoms with Gasteiger partial charge in [-0.25, -0.2) is 0 Å². The van der Waals surface area contributed by atoms with Gasteiger partial charge in [0.25, 0.3) is 0 Å². The molecule has 1 saturated heterocycles. The van der Waals surface area contributed by atoms with E-state index in [4.69, 9.17) is 0 Å². The normalized spacial score (nSPS) is 15.5. The Morgan fingerprint density at radius 1 is 0.923 bits per heavy atom. The summed E-state index contributed by atoms with van der Waals surface area (Å²) in [6.07, 6.45) is 4.51. The molecule has 0 N–H and O–H groups in total. The summed E-state index contributed by atoms with van der Waals surface area (Å²) in [6, 6.07) is 0.745. The van der Waals surface area contributed by atoms with Crippen molar-refractivity contribution in [1.29, 1.82) is 0 Å².